The molecule has 1 atom stereocenters. The molecule has 1 fully saturated rings. The predicted molar refractivity (Wildman–Crippen MR) is 87.6 cm³/mol. The third kappa shape index (κ3) is 4.45. The Labute approximate surface area is 132 Å². The number of amides is 1. The molecule has 116 valence electrons. The molecule has 1 aromatic carbocycles. The van der Waals surface area contributed by atoms with E-state index in [0.29, 0.717) is 6.04 Å². The zero-order valence-electron chi connectivity index (χ0n) is 13.0. The number of alkyl halides is 1. The summed E-state index contributed by atoms with van der Waals surface area (Å²) >= 11 is 6.44. The fraction of sp³-hybridized carbons (Fsp3) is 0.588. The Morgan fingerprint density at radius 1 is 1.19 bits per heavy atom. The van der Waals surface area contributed by atoms with Crippen LogP contribution in [0.3, 0.4) is 0 Å². The standard InChI is InChI=1S/C17H25ClN2O/c1-19(2)12-13-20(15-10-6-7-11-15)17(21)16(18)14-8-4-3-5-9-14/h3-5,8-9,15-16H,6-7,10-13H2,1-2H3. The van der Waals surface area contributed by atoms with Crippen molar-refractivity contribution in [2.24, 2.45) is 0 Å². The molecule has 0 aromatic heterocycles. The number of benzene rings is 1. The van der Waals surface area contributed by atoms with Crippen molar-refractivity contribution in [3.63, 3.8) is 0 Å². The largest absolute Gasteiger partial charge is 0.337 e. The van der Waals surface area contributed by atoms with Crippen molar-refractivity contribution < 1.29 is 4.79 Å². The lowest BCUT2D eigenvalue weighted by atomic mass is 10.1. The molecule has 0 heterocycles. The third-order valence-electron chi connectivity index (χ3n) is 4.15. The van der Waals surface area contributed by atoms with Crippen LogP contribution in [-0.4, -0.2) is 48.9 Å². The van der Waals surface area contributed by atoms with E-state index >= 15 is 0 Å². The Hall–Kier alpha value is -1.06. The second kappa shape index (κ2) is 7.81. The molecule has 0 radical (unpaired) electrons. The summed E-state index contributed by atoms with van der Waals surface area (Å²) < 4.78 is 0. The maximum absolute atomic E-state index is 12.8. The maximum atomic E-state index is 12.8. The molecule has 0 aliphatic heterocycles. The van der Waals surface area contributed by atoms with E-state index < -0.39 is 5.38 Å². The highest BCUT2D eigenvalue weighted by Crippen LogP contribution is 2.29. The van der Waals surface area contributed by atoms with Gasteiger partial charge in [-0.15, -0.1) is 11.6 Å². The van der Waals surface area contributed by atoms with Gasteiger partial charge in [0.15, 0.2) is 0 Å². The molecular weight excluding hydrogens is 284 g/mol. The molecule has 3 nitrogen and oxygen atoms in total. The smallest absolute Gasteiger partial charge is 0.245 e. The van der Waals surface area contributed by atoms with Gasteiger partial charge in [0.2, 0.25) is 5.91 Å². The molecule has 0 spiro atoms. The van der Waals surface area contributed by atoms with Crippen LogP contribution in [0.5, 0.6) is 0 Å². The Bertz CT molecular complexity index is 443. The van der Waals surface area contributed by atoms with E-state index in [2.05, 4.69) is 4.90 Å². The molecular formula is C17H25ClN2O. The van der Waals surface area contributed by atoms with Gasteiger partial charge in [0, 0.05) is 19.1 Å². The normalized spacial score (nSPS) is 17.1. The number of halogens is 1. The molecule has 2 rings (SSSR count). The van der Waals surface area contributed by atoms with E-state index in [1.165, 1.54) is 12.8 Å². The number of nitrogens with zero attached hydrogens (tertiary/aromatic N) is 2. The molecule has 1 aliphatic rings. The quantitative estimate of drug-likeness (QED) is 0.753. The fourth-order valence-corrected chi connectivity index (χ4v) is 3.18. The summed E-state index contributed by atoms with van der Waals surface area (Å²) in [4.78, 5) is 16.9. The summed E-state index contributed by atoms with van der Waals surface area (Å²) in [5.74, 6) is 0.0524. The summed E-state index contributed by atoms with van der Waals surface area (Å²) in [6.45, 7) is 1.63. The SMILES string of the molecule is CN(C)CCN(C(=O)C(Cl)c1ccccc1)C1CCCC1. The van der Waals surface area contributed by atoms with Gasteiger partial charge < -0.3 is 9.80 Å². The van der Waals surface area contributed by atoms with Crippen LogP contribution in [0, 0.1) is 0 Å². The van der Waals surface area contributed by atoms with Crippen molar-refractivity contribution in [2.45, 2.75) is 37.1 Å². The van der Waals surface area contributed by atoms with Gasteiger partial charge in [-0.05, 0) is 32.5 Å². The van der Waals surface area contributed by atoms with Gasteiger partial charge in [0.05, 0.1) is 0 Å². The average molecular weight is 309 g/mol. The predicted octanol–water partition coefficient (Wildman–Crippen LogP) is 3.30. The minimum Gasteiger partial charge on any atom is -0.337 e. The van der Waals surface area contributed by atoms with Gasteiger partial charge in [0.25, 0.3) is 0 Å². The second-order valence-corrected chi connectivity index (χ2v) is 6.48. The summed E-state index contributed by atoms with van der Waals surface area (Å²) in [5, 5.41) is -0.575. The second-order valence-electron chi connectivity index (χ2n) is 6.05. The molecule has 0 N–H and O–H groups in total. The lowest BCUT2D eigenvalue weighted by Crippen LogP contribution is -2.44. The van der Waals surface area contributed by atoms with Crippen molar-refractivity contribution in [2.75, 3.05) is 27.2 Å². The average Bonchev–Trinajstić information content (AvgIpc) is 3.01. The van der Waals surface area contributed by atoms with Crippen LogP contribution in [0.15, 0.2) is 30.3 Å². The molecule has 1 saturated carbocycles. The number of rotatable bonds is 6. The zero-order chi connectivity index (χ0) is 15.2. The van der Waals surface area contributed by atoms with E-state index in [0.717, 1.165) is 31.5 Å². The first-order valence-electron chi connectivity index (χ1n) is 7.74. The van der Waals surface area contributed by atoms with Crippen molar-refractivity contribution in [3.05, 3.63) is 35.9 Å². The van der Waals surface area contributed by atoms with Gasteiger partial charge in [-0.1, -0.05) is 43.2 Å². The lowest BCUT2D eigenvalue weighted by molar-refractivity contribution is -0.133. The van der Waals surface area contributed by atoms with Crippen molar-refractivity contribution in [1.82, 2.24) is 9.80 Å². The Balaban J connectivity index is 2.09. The van der Waals surface area contributed by atoms with E-state index in [-0.39, 0.29) is 5.91 Å². The summed E-state index contributed by atoms with van der Waals surface area (Å²) in [5.41, 5.74) is 0.886. The van der Waals surface area contributed by atoms with E-state index in [9.17, 15) is 4.79 Å². The van der Waals surface area contributed by atoms with E-state index in [1.807, 2.05) is 49.3 Å². The van der Waals surface area contributed by atoms with Gasteiger partial charge in [0.1, 0.15) is 5.38 Å². The first kappa shape index (κ1) is 16.3. The third-order valence-corrected chi connectivity index (χ3v) is 4.58. The fourth-order valence-electron chi connectivity index (χ4n) is 2.91. The highest BCUT2D eigenvalue weighted by atomic mass is 35.5. The molecule has 1 amide bonds. The van der Waals surface area contributed by atoms with Crippen LogP contribution in [-0.2, 0) is 4.79 Å². The number of carbonyl (C=O) groups excluding carboxylic acids is 1. The molecule has 0 saturated heterocycles. The van der Waals surface area contributed by atoms with Crippen molar-refractivity contribution in [3.8, 4) is 0 Å². The number of hydrogen-bond acceptors (Lipinski definition) is 2. The monoisotopic (exact) mass is 308 g/mol. The summed E-state index contributed by atoms with van der Waals surface area (Å²) in [6.07, 6.45) is 4.65. The highest BCUT2D eigenvalue weighted by molar-refractivity contribution is 6.30. The summed E-state index contributed by atoms with van der Waals surface area (Å²) in [6, 6.07) is 10.0. The minimum atomic E-state index is -0.575. The number of hydrogen-bond donors (Lipinski definition) is 0. The van der Waals surface area contributed by atoms with Crippen LogP contribution in [0.1, 0.15) is 36.6 Å². The first-order chi connectivity index (χ1) is 10.1. The number of likely N-dealkylation sites (N-methyl/N-ethyl adjacent to an activating group) is 1. The molecule has 21 heavy (non-hydrogen) atoms. The molecule has 1 unspecified atom stereocenters. The maximum Gasteiger partial charge on any atom is 0.245 e. The van der Waals surface area contributed by atoms with Gasteiger partial charge in [-0.25, -0.2) is 0 Å². The molecule has 0 bridgehead atoms. The highest BCUT2D eigenvalue weighted by Gasteiger charge is 2.30. The molecule has 4 heteroatoms. The molecule has 1 aromatic rings. The number of carbonyl (C=O) groups is 1. The van der Waals surface area contributed by atoms with Gasteiger partial charge in [-0.3, -0.25) is 4.79 Å². The van der Waals surface area contributed by atoms with Gasteiger partial charge >= 0.3 is 0 Å². The summed E-state index contributed by atoms with van der Waals surface area (Å²) in [7, 11) is 4.07. The van der Waals surface area contributed by atoms with E-state index in [1.54, 1.807) is 0 Å². The Morgan fingerprint density at radius 3 is 2.38 bits per heavy atom. The Morgan fingerprint density at radius 2 is 1.81 bits per heavy atom. The van der Waals surface area contributed by atoms with Crippen LogP contribution in [0.2, 0.25) is 0 Å². The zero-order valence-corrected chi connectivity index (χ0v) is 13.7. The topological polar surface area (TPSA) is 23.6 Å². The first-order valence-corrected chi connectivity index (χ1v) is 8.17. The van der Waals surface area contributed by atoms with Crippen LogP contribution >= 0.6 is 11.6 Å². The van der Waals surface area contributed by atoms with Crippen molar-refractivity contribution >= 4 is 17.5 Å². The van der Waals surface area contributed by atoms with Crippen LogP contribution in [0.4, 0.5) is 0 Å². The van der Waals surface area contributed by atoms with Crippen LogP contribution < -0.4 is 0 Å². The van der Waals surface area contributed by atoms with Gasteiger partial charge in [-0.2, -0.15) is 0 Å². The molecule has 1 aliphatic carbocycles. The lowest BCUT2D eigenvalue weighted by Gasteiger charge is -2.32. The minimum absolute atomic E-state index is 0.0524. The van der Waals surface area contributed by atoms with Crippen LogP contribution in [0.25, 0.3) is 0 Å². The van der Waals surface area contributed by atoms with Crippen molar-refractivity contribution in [1.29, 1.82) is 0 Å². The van der Waals surface area contributed by atoms with E-state index in [4.69, 9.17) is 11.6 Å². The Kier molecular flexibility index (Phi) is 6.07.